The van der Waals surface area contributed by atoms with Crippen LogP contribution < -0.4 is 0 Å². The van der Waals surface area contributed by atoms with Crippen LogP contribution in [0.3, 0.4) is 0 Å². The molecule has 84 valence electrons. The molecule has 0 aliphatic rings. The lowest BCUT2D eigenvalue weighted by Crippen LogP contribution is -2.04. The fourth-order valence-electron chi connectivity index (χ4n) is 1.31. The number of benzene rings is 1. The van der Waals surface area contributed by atoms with Gasteiger partial charge in [0, 0.05) is 11.6 Å². The maximum absolute atomic E-state index is 12.5. The minimum absolute atomic E-state index is 0.233. The van der Waals surface area contributed by atoms with Gasteiger partial charge in [-0.3, -0.25) is 4.98 Å². The first kappa shape index (κ1) is 11.7. The molecule has 0 bridgehead atoms. The lowest BCUT2D eigenvalue weighted by atomic mass is 10.1. The molecule has 1 aromatic heterocycles. The lowest BCUT2D eigenvalue weighted by molar-refractivity contribution is -0.137. The fourth-order valence-corrected chi connectivity index (χ4v) is 1.83. The molecular formula is C10H4BrClF3N. The fraction of sp³-hybridized carbons (Fsp3) is 0.100. The summed E-state index contributed by atoms with van der Waals surface area (Å²) < 4.78 is 37.9. The zero-order chi connectivity index (χ0) is 11.9. The Morgan fingerprint density at radius 1 is 1.25 bits per heavy atom. The smallest absolute Gasteiger partial charge is 0.255 e. The average Bonchev–Trinajstić information content (AvgIpc) is 2.22. The summed E-state index contributed by atoms with van der Waals surface area (Å²) >= 11 is 9.01. The summed E-state index contributed by atoms with van der Waals surface area (Å²) in [5.74, 6) is 0. The van der Waals surface area contributed by atoms with Gasteiger partial charge in [0.2, 0.25) is 0 Å². The summed E-state index contributed by atoms with van der Waals surface area (Å²) in [5.41, 5.74) is -0.303. The molecule has 0 atom stereocenters. The van der Waals surface area contributed by atoms with E-state index < -0.39 is 11.7 Å². The van der Waals surface area contributed by atoms with Gasteiger partial charge in [0.05, 0.1) is 20.6 Å². The van der Waals surface area contributed by atoms with Crippen molar-refractivity contribution in [3.63, 3.8) is 0 Å². The Bertz CT molecular complexity index is 553. The highest BCUT2D eigenvalue weighted by Gasteiger charge is 2.30. The van der Waals surface area contributed by atoms with E-state index in [0.717, 1.165) is 12.1 Å². The van der Waals surface area contributed by atoms with Crippen LogP contribution in [0, 0.1) is 0 Å². The molecule has 0 aliphatic carbocycles. The van der Waals surface area contributed by atoms with Crippen molar-refractivity contribution in [1.82, 2.24) is 4.98 Å². The molecule has 0 amide bonds. The van der Waals surface area contributed by atoms with Gasteiger partial charge in [-0.25, -0.2) is 0 Å². The van der Waals surface area contributed by atoms with Crippen LogP contribution in [0.2, 0.25) is 5.02 Å². The Labute approximate surface area is 102 Å². The molecule has 0 saturated heterocycles. The molecule has 0 saturated carbocycles. The highest BCUT2D eigenvalue weighted by molar-refractivity contribution is 9.10. The molecule has 0 spiro atoms. The standard InChI is InChI=1S/C10H4BrClF3N/c11-7-4-16-8-2-1-5(10(13,14)15)3-6(8)9(7)12/h1-4H. The molecule has 16 heavy (non-hydrogen) atoms. The van der Waals surface area contributed by atoms with E-state index in [9.17, 15) is 13.2 Å². The molecule has 2 aromatic rings. The van der Waals surface area contributed by atoms with Gasteiger partial charge in [-0.2, -0.15) is 13.2 Å². The van der Waals surface area contributed by atoms with Gasteiger partial charge in [0.1, 0.15) is 0 Å². The number of alkyl halides is 3. The molecule has 0 aliphatic heterocycles. The second kappa shape index (κ2) is 3.89. The molecule has 1 aromatic carbocycles. The van der Waals surface area contributed by atoms with Gasteiger partial charge in [-0.15, -0.1) is 0 Å². The van der Waals surface area contributed by atoms with E-state index in [-0.39, 0.29) is 10.4 Å². The quantitative estimate of drug-likeness (QED) is 0.689. The van der Waals surface area contributed by atoms with Gasteiger partial charge in [-0.05, 0) is 34.1 Å². The molecule has 1 nitrogen and oxygen atoms in total. The maximum Gasteiger partial charge on any atom is 0.416 e. The number of aromatic nitrogens is 1. The van der Waals surface area contributed by atoms with Gasteiger partial charge in [0.25, 0.3) is 0 Å². The highest BCUT2D eigenvalue weighted by atomic mass is 79.9. The monoisotopic (exact) mass is 309 g/mol. The summed E-state index contributed by atoms with van der Waals surface area (Å²) in [6.07, 6.45) is -2.92. The van der Waals surface area contributed by atoms with Crippen LogP contribution in [0.25, 0.3) is 10.9 Å². The van der Waals surface area contributed by atoms with Crippen LogP contribution in [0.4, 0.5) is 13.2 Å². The van der Waals surface area contributed by atoms with Crippen LogP contribution in [0.5, 0.6) is 0 Å². The number of nitrogens with zero attached hydrogens (tertiary/aromatic N) is 1. The van der Waals surface area contributed by atoms with Crippen molar-refractivity contribution in [2.75, 3.05) is 0 Å². The Kier molecular flexibility index (Phi) is 2.84. The minimum Gasteiger partial charge on any atom is -0.255 e. The third kappa shape index (κ3) is 2.01. The van der Waals surface area contributed by atoms with E-state index in [0.29, 0.717) is 9.99 Å². The second-order valence-electron chi connectivity index (χ2n) is 3.15. The van der Waals surface area contributed by atoms with Crippen molar-refractivity contribution in [2.45, 2.75) is 6.18 Å². The number of halogens is 5. The topological polar surface area (TPSA) is 12.9 Å². The zero-order valence-corrected chi connectivity index (χ0v) is 9.99. The van der Waals surface area contributed by atoms with Crippen LogP contribution in [-0.4, -0.2) is 4.98 Å². The first-order chi connectivity index (χ1) is 7.39. The Morgan fingerprint density at radius 3 is 2.56 bits per heavy atom. The SMILES string of the molecule is FC(F)(F)c1ccc2ncc(Br)c(Cl)c2c1. The van der Waals surface area contributed by atoms with E-state index in [1.165, 1.54) is 12.3 Å². The van der Waals surface area contributed by atoms with Crippen molar-refractivity contribution in [3.05, 3.63) is 39.5 Å². The first-order valence-electron chi connectivity index (χ1n) is 4.20. The Balaban J connectivity index is 2.74. The predicted octanol–water partition coefficient (Wildman–Crippen LogP) is 4.67. The summed E-state index contributed by atoms with van der Waals surface area (Å²) in [6.45, 7) is 0. The minimum atomic E-state index is -4.38. The van der Waals surface area contributed by atoms with Crippen LogP contribution in [0.15, 0.2) is 28.9 Å². The van der Waals surface area contributed by atoms with Gasteiger partial charge in [-0.1, -0.05) is 11.6 Å². The molecule has 0 unspecified atom stereocenters. The number of hydrogen-bond acceptors (Lipinski definition) is 1. The first-order valence-corrected chi connectivity index (χ1v) is 5.37. The number of pyridine rings is 1. The van der Waals surface area contributed by atoms with Crippen LogP contribution in [0.1, 0.15) is 5.56 Å². The predicted molar refractivity (Wildman–Crippen MR) is 59.5 cm³/mol. The van der Waals surface area contributed by atoms with Crippen molar-refractivity contribution in [2.24, 2.45) is 0 Å². The molecule has 1 heterocycles. The number of rotatable bonds is 0. The molecule has 0 fully saturated rings. The van der Waals surface area contributed by atoms with Gasteiger partial charge < -0.3 is 0 Å². The maximum atomic E-state index is 12.5. The van der Waals surface area contributed by atoms with Crippen molar-refractivity contribution in [1.29, 1.82) is 0 Å². The molecule has 0 N–H and O–H groups in total. The van der Waals surface area contributed by atoms with E-state index in [1.807, 2.05) is 0 Å². The molecule has 0 radical (unpaired) electrons. The van der Waals surface area contributed by atoms with E-state index >= 15 is 0 Å². The van der Waals surface area contributed by atoms with E-state index in [2.05, 4.69) is 20.9 Å². The van der Waals surface area contributed by atoms with Crippen LogP contribution in [-0.2, 0) is 6.18 Å². The molecular weight excluding hydrogens is 306 g/mol. The average molecular weight is 310 g/mol. The Morgan fingerprint density at radius 2 is 1.94 bits per heavy atom. The molecule has 6 heteroatoms. The van der Waals surface area contributed by atoms with Gasteiger partial charge in [0.15, 0.2) is 0 Å². The van der Waals surface area contributed by atoms with Gasteiger partial charge >= 0.3 is 6.18 Å². The van der Waals surface area contributed by atoms with E-state index in [4.69, 9.17) is 11.6 Å². The van der Waals surface area contributed by atoms with Crippen molar-refractivity contribution in [3.8, 4) is 0 Å². The number of fused-ring (bicyclic) bond motifs is 1. The summed E-state index contributed by atoms with van der Waals surface area (Å²) in [5, 5.41) is 0.516. The third-order valence-corrected chi connectivity index (χ3v) is 3.32. The van der Waals surface area contributed by atoms with E-state index in [1.54, 1.807) is 0 Å². The second-order valence-corrected chi connectivity index (χ2v) is 4.38. The summed E-state index contributed by atoms with van der Waals surface area (Å²) in [7, 11) is 0. The third-order valence-electron chi connectivity index (χ3n) is 2.09. The summed E-state index contributed by atoms with van der Waals surface area (Å²) in [4.78, 5) is 3.97. The summed E-state index contributed by atoms with van der Waals surface area (Å²) in [6, 6.07) is 3.28. The van der Waals surface area contributed by atoms with Crippen LogP contribution >= 0.6 is 27.5 Å². The normalized spacial score (nSPS) is 12.1. The number of hydrogen-bond donors (Lipinski definition) is 0. The Hall–Kier alpha value is -0.810. The lowest BCUT2D eigenvalue weighted by Gasteiger charge is -2.08. The zero-order valence-electron chi connectivity index (χ0n) is 7.65. The largest absolute Gasteiger partial charge is 0.416 e. The molecule has 2 rings (SSSR count). The van der Waals surface area contributed by atoms with Crippen molar-refractivity contribution >= 4 is 38.4 Å². The van der Waals surface area contributed by atoms with Crippen molar-refractivity contribution < 1.29 is 13.2 Å². The highest BCUT2D eigenvalue weighted by Crippen LogP contribution is 2.35.